The van der Waals surface area contributed by atoms with Gasteiger partial charge >= 0.3 is 0 Å². The van der Waals surface area contributed by atoms with Crippen molar-refractivity contribution in [1.82, 2.24) is 5.32 Å². The van der Waals surface area contributed by atoms with Crippen molar-refractivity contribution in [2.45, 2.75) is 13.1 Å². The van der Waals surface area contributed by atoms with Gasteiger partial charge in [0.15, 0.2) is 0 Å². The molecule has 0 amide bonds. The number of nitrogens with zero attached hydrogens (tertiary/aromatic N) is 1. The van der Waals surface area contributed by atoms with Gasteiger partial charge in [-0.3, -0.25) is 0 Å². The first-order valence-corrected chi connectivity index (χ1v) is 6.72. The number of hydrogen-bond donors (Lipinski definition) is 1. The number of benzene rings is 2. The molecule has 0 saturated carbocycles. The molecule has 0 aromatic heterocycles. The molecule has 0 aliphatic carbocycles. The maximum atomic E-state index is 13.8. The smallest absolute Gasteiger partial charge is 0.131 e. The lowest BCUT2D eigenvalue weighted by atomic mass is 10.1. The van der Waals surface area contributed by atoms with Crippen LogP contribution in [-0.4, -0.2) is 13.1 Å². The molecule has 1 aliphatic rings. The predicted octanol–water partition coefficient (Wildman–Crippen LogP) is 3.07. The van der Waals surface area contributed by atoms with Crippen molar-refractivity contribution in [3.8, 4) is 0 Å². The summed E-state index contributed by atoms with van der Waals surface area (Å²) < 4.78 is 27.6. The molecular formula is C16H16F2N2. The molecule has 0 bridgehead atoms. The first-order valence-electron chi connectivity index (χ1n) is 6.72. The zero-order chi connectivity index (χ0) is 13.9. The summed E-state index contributed by atoms with van der Waals surface area (Å²) in [5.74, 6) is -0.973. The van der Waals surface area contributed by atoms with E-state index < -0.39 is 11.6 Å². The highest BCUT2D eigenvalue weighted by molar-refractivity contribution is 5.54. The van der Waals surface area contributed by atoms with E-state index in [2.05, 4.69) is 5.32 Å². The number of nitrogens with one attached hydrogen (secondary N) is 1. The van der Waals surface area contributed by atoms with E-state index in [-0.39, 0.29) is 12.1 Å². The van der Waals surface area contributed by atoms with Crippen molar-refractivity contribution < 1.29 is 8.78 Å². The Hall–Kier alpha value is -1.94. The standard InChI is InChI=1S/C16H16F2N2/c17-14-5-3-6-15(18)13(14)11-20-9-8-19-10-12-4-1-2-7-16(12)20/h1-7,19H,8-11H2. The zero-order valence-corrected chi connectivity index (χ0v) is 11.1. The van der Waals surface area contributed by atoms with E-state index in [0.29, 0.717) is 0 Å². The van der Waals surface area contributed by atoms with Crippen LogP contribution in [0.25, 0.3) is 0 Å². The van der Waals surface area contributed by atoms with E-state index in [9.17, 15) is 8.78 Å². The van der Waals surface area contributed by atoms with Gasteiger partial charge in [0.25, 0.3) is 0 Å². The molecule has 4 heteroatoms. The van der Waals surface area contributed by atoms with Gasteiger partial charge in [0.1, 0.15) is 11.6 Å². The highest BCUT2D eigenvalue weighted by atomic mass is 19.1. The molecule has 0 saturated heterocycles. The highest BCUT2D eigenvalue weighted by Gasteiger charge is 2.18. The van der Waals surface area contributed by atoms with Crippen LogP contribution in [0.15, 0.2) is 42.5 Å². The number of fused-ring (bicyclic) bond motifs is 1. The van der Waals surface area contributed by atoms with Gasteiger partial charge in [-0.1, -0.05) is 24.3 Å². The van der Waals surface area contributed by atoms with Crippen LogP contribution in [0, 0.1) is 11.6 Å². The number of rotatable bonds is 2. The van der Waals surface area contributed by atoms with E-state index in [4.69, 9.17) is 0 Å². The Morgan fingerprint density at radius 3 is 2.55 bits per heavy atom. The highest BCUT2D eigenvalue weighted by Crippen LogP contribution is 2.25. The van der Waals surface area contributed by atoms with Gasteiger partial charge in [-0.25, -0.2) is 8.78 Å². The SMILES string of the molecule is Fc1cccc(F)c1CN1CCNCc2ccccc21. The van der Waals surface area contributed by atoms with Gasteiger partial charge in [0.2, 0.25) is 0 Å². The van der Waals surface area contributed by atoms with Crippen LogP contribution in [-0.2, 0) is 13.1 Å². The van der Waals surface area contributed by atoms with Crippen molar-refractivity contribution in [2.24, 2.45) is 0 Å². The quantitative estimate of drug-likeness (QED) is 0.905. The molecule has 2 nitrogen and oxygen atoms in total. The minimum Gasteiger partial charge on any atom is -0.365 e. The summed E-state index contributed by atoms with van der Waals surface area (Å²) >= 11 is 0. The van der Waals surface area contributed by atoms with Crippen molar-refractivity contribution in [3.63, 3.8) is 0 Å². The third-order valence-corrected chi connectivity index (χ3v) is 3.62. The Balaban J connectivity index is 1.94. The molecule has 0 spiro atoms. The van der Waals surface area contributed by atoms with Crippen LogP contribution in [0.4, 0.5) is 14.5 Å². The number of anilines is 1. The average Bonchev–Trinajstić information content (AvgIpc) is 2.66. The van der Waals surface area contributed by atoms with Crippen molar-refractivity contribution >= 4 is 5.69 Å². The fourth-order valence-corrected chi connectivity index (χ4v) is 2.56. The summed E-state index contributed by atoms with van der Waals surface area (Å²) in [7, 11) is 0. The molecule has 3 rings (SSSR count). The fraction of sp³-hybridized carbons (Fsp3) is 0.250. The van der Waals surface area contributed by atoms with Gasteiger partial charge in [-0.05, 0) is 23.8 Å². The Bertz CT molecular complexity index is 593. The van der Waals surface area contributed by atoms with Crippen LogP contribution in [0.5, 0.6) is 0 Å². The molecule has 1 heterocycles. The number of para-hydroxylation sites is 1. The summed E-state index contributed by atoms with van der Waals surface area (Å²) in [6, 6.07) is 12.0. The summed E-state index contributed by atoms with van der Waals surface area (Å²) in [5.41, 5.74) is 2.33. The Labute approximate surface area is 117 Å². The maximum Gasteiger partial charge on any atom is 0.131 e. The van der Waals surface area contributed by atoms with Crippen LogP contribution in [0.3, 0.4) is 0 Å². The molecular weight excluding hydrogens is 258 g/mol. The first-order chi connectivity index (χ1) is 9.75. The van der Waals surface area contributed by atoms with Gasteiger partial charge in [0.05, 0.1) is 0 Å². The topological polar surface area (TPSA) is 15.3 Å². The van der Waals surface area contributed by atoms with Gasteiger partial charge in [0, 0.05) is 37.4 Å². The predicted molar refractivity (Wildman–Crippen MR) is 75.6 cm³/mol. The van der Waals surface area contributed by atoms with E-state index in [1.165, 1.54) is 18.2 Å². The molecule has 1 aliphatic heterocycles. The summed E-state index contributed by atoms with van der Waals surface area (Å²) in [6.45, 7) is 2.55. The summed E-state index contributed by atoms with van der Waals surface area (Å²) in [4.78, 5) is 2.02. The Morgan fingerprint density at radius 1 is 1.00 bits per heavy atom. The van der Waals surface area contributed by atoms with Crippen LogP contribution in [0.1, 0.15) is 11.1 Å². The lowest BCUT2D eigenvalue weighted by Gasteiger charge is -2.25. The van der Waals surface area contributed by atoms with E-state index in [1.54, 1.807) is 0 Å². The van der Waals surface area contributed by atoms with Crippen molar-refractivity contribution in [3.05, 3.63) is 65.2 Å². The molecule has 0 radical (unpaired) electrons. The maximum absolute atomic E-state index is 13.8. The molecule has 0 unspecified atom stereocenters. The minimum atomic E-state index is -0.486. The third kappa shape index (κ3) is 2.51. The monoisotopic (exact) mass is 274 g/mol. The van der Waals surface area contributed by atoms with Crippen LogP contribution < -0.4 is 10.2 Å². The largest absolute Gasteiger partial charge is 0.365 e. The van der Waals surface area contributed by atoms with Gasteiger partial charge in [-0.15, -0.1) is 0 Å². The zero-order valence-electron chi connectivity index (χ0n) is 11.1. The molecule has 104 valence electrons. The second-order valence-corrected chi connectivity index (χ2v) is 4.93. The Morgan fingerprint density at radius 2 is 1.75 bits per heavy atom. The fourth-order valence-electron chi connectivity index (χ4n) is 2.56. The van der Waals surface area contributed by atoms with Crippen molar-refractivity contribution in [2.75, 3.05) is 18.0 Å². The van der Waals surface area contributed by atoms with Crippen LogP contribution >= 0.6 is 0 Å². The Kier molecular flexibility index (Phi) is 3.65. The third-order valence-electron chi connectivity index (χ3n) is 3.62. The second kappa shape index (κ2) is 5.59. The number of hydrogen-bond acceptors (Lipinski definition) is 2. The minimum absolute atomic E-state index is 0.129. The average molecular weight is 274 g/mol. The summed E-state index contributed by atoms with van der Waals surface area (Å²) in [5, 5.41) is 3.32. The summed E-state index contributed by atoms with van der Waals surface area (Å²) in [6.07, 6.45) is 0. The molecule has 20 heavy (non-hydrogen) atoms. The first kappa shape index (κ1) is 13.1. The van der Waals surface area contributed by atoms with E-state index in [1.807, 2.05) is 29.2 Å². The van der Waals surface area contributed by atoms with E-state index >= 15 is 0 Å². The molecule has 1 N–H and O–H groups in total. The number of halogens is 2. The second-order valence-electron chi connectivity index (χ2n) is 4.93. The normalized spacial score (nSPS) is 14.8. The lowest BCUT2D eigenvalue weighted by molar-refractivity contribution is 0.549. The van der Waals surface area contributed by atoms with Crippen molar-refractivity contribution in [1.29, 1.82) is 0 Å². The van der Waals surface area contributed by atoms with Crippen LogP contribution in [0.2, 0.25) is 0 Å². The van der Waals surface area contributed by atoms with Gasteiger partial charge in [-0.2, -0.15) is 0 Å². The molecule has 0 fully saturated rings. The lowest BCUT2D eigenvalue weighted by Crippen LogP contribution is -2.29. The van der Waals surface area contributed by atoms with Gasteiger partial charge < -0.3 is 10.2 Å². The molecule has 2 aromatic rings. The molecule has 0 atom stereocenters. The van der Waals surface area contributed by atoms with E-state index in [0.717, 1.165) is 30.9 Å². The molecule has 2 aromatic carbocycles.